The fourth-order valence-corrected chi connectivity index (χ4v) is 2.59. The summed E-state index contributed by atoms with van der Waals surface area (Å²) in [4.78, 5) is 14.3. The standard InChI is InChI=1S/C15H25N3O2/c1-18(2)13(14-8-6-10-20-14)11-17-15(19)12-7-4-3-5-9-16-12/h6,8,10,12-13,16H,3-5,7,9,11H2,1-2H3,(H,17,19). The normalized spacial score (nSPS) is 21.4. The van der Waals surface area contributed by atoms with Gasteiger partial charge >= 0.3 is 0 Å². The summed E-state index contributed by atoms with van der Waals surface area (Å²) in [5, 5.41) is 6.37. The minimum Gasteiger partial charge on any atom is -0.468 e. The highest BCUT2D eigenvalue weighted by Gasteiger charge is 2.22. The highest BCUT2D eigenvalue weighted by Crippen LogP contribution is 2.17. The molecule has 1 aromatic heterocycles. The smallest absolute Gasteiger partial charge is 0.237 e. The van der Waals surface area contributed by atoms with Crippen LogP contribution in [0.25, 0.3) is 0 Å². The summed E-state index contributed by atoms with van der Waals surface area (Å²) in [6, 6.07) is 3.85. The number of likely N-dealkylation sites (N-methyl/N-ethyl adjacent to an activating group) is 1. The van der Waals surface area contributed by atoms with E-state index in [9.17, 15) is 4.79 Å². The van der Waals surface area contributed by atoms with Gasteiger partial charge < -0.3 is 15.1 Å². The number of nitrogens with zero attached hydrogens (tertiary/aromatic N) is 1. The van der Waals surface area contributed by atoms with Crippen LogP contribution >= 0.6 is 0 Å². The molecule has 0 spiro atoms. The number of amides is 1. The van der Waals surface area contributed by atoms with Gasteiger partial charge in [0.25, 0.3) is 0 Å². The van der Waals surface area contributed by atoms with E-state index in [1.165, 1.54) is 6.42 Å². The maximum Gasteiger partial charge on any atom is 0.237 e. The Hall–Kier alpha value is -1.33. The largest absolute Gasteiger partial charge is 0.468 e. The second-order valence-corrected chi connectivity index (χ2v) is 5.60. The maximum atomic E-state index is 12.2. The zero-order valence-electron chi connectivity index (χ0n) is 12.4. The van der Waals surface area contributed by atoms with Crippen LogP contribution in [-0.2, 0) is 4.79 Å². The minimum absolute atomic E-state index is 0.0445. The first-order valence-corrected chi connectivity index (χ1v) is 7.39. The summed E-state index contributed by atoms with van der Waals surface area (Å²) in [5.41, 5.74) is 0. The predicted molar refractivity (Wildman–Crippen MR) is 78.4 cm³/mol. The highest BCUT2D eigenvalue weighted by atomic mass is 16.3. The molecule has 5 heteroatoms. The molecule has 0 bridgehead atoms. The Bertz CT molecular complexity index is 395. The Morgan fingerprint density at radius 3 is 3.05 bits per heavy atom. The lowest BCUT2D eigenvalue weighted by Crippen LogP contribution is -2.46. The van der Waals surface area contributed by atoms with Crippen LogP contribution < -0.4 is 10.6 Å². The van der Waals surface area contributed by atoms with E-state index >= 15 is 0 Å². The van der Waals surface area contributed by atoms with E-state index in [0.29, 0.717) is 6.54 Å². The molecule has 1 fully saturated rings. The summed E-state index contributed by atoms with van der Waals surface area (Å²) in [5.74, 6) is 0.981. The molecule has 1 amide bonds. The van der Waals surface area contributed by atoms with E-state index in [-0.39, 0.29) is 18.0 Å². The number of carbonyl (C=O) groups is 1. The fraction of sp³-hybridized carbons (Fsp3) is 0.667. The molecule has 1 saturated heterocycles. The molecule has 20 heavy (non-hydrogen) atoms. The second-order valence-electron chi connectivity index (χ2n) is 5.60. The Balaban J connectivity index is 1.87. The molecule has 1 aliphatic rings. The first kappa shape index (κ1) is 15.1. The van der Waals surface area contributed by atoms with Crippen molar-refractivity contribution in [2.45, 2.75) is 37.8 Å². The van der Waals surface area contributed by atoms with Crippen molar-refractivity contribution < 1.29 is 9.21 Å². The van der Waals surface area contributed by atoms with Gasteiger partial charge in [-0.15, -0.1) is 0 Å². The summed E-state index contributed by atoms with van der Waals surface area (Å²) in [6.07, 6.45) is 6.10. The van der Waals surface area contributed by atoms with E-state index in [1.54, 1.807) is 6.26 Å². The minimum atomic E-state index is -0.0445. The van der Waals surface area contributed by atoms with Crippen LogP contribution in [-0.4, -0.2) is 44.0 Å². The third-order valence-electron chi connectivity index (χ3n) is 3.84. The monoisotopic (exact) mass is 279 g/mol. The predicted octanol–water partition coefficient (Wildman–Crippen LogP) is 1.53. The van der Waals surface area contributed by atoms with E-state index in [2.05, 4.69) is 15.5 Å². The van der Waals surface area contributed by atoms with Crippen molar-refractivity contribution in [2.24, 2.45) is 0 Å². The number of furan rings is 1. The molecule has 0 saturated carbocycles. The van der Waals surface area contributed by atoms with Crippen LogP contribution in [0.4, 0.5) is 0 Å². The van der Waals surface area contributed by atoms with Gasteiger partial charge in [-0.3, -0.25) is 9.69 Å². The van der Waals surface area contributed by atoms with Crippen molar-refractivity contribution >= 4 is 5.91 Å². The van der Waals surface area contributed by atoms with Crippen molar-refractivity contribution in [3.05, 3.63) is 24.2 Å². The number of hydrogen-bond donors (Lipinski definition) is 2. The maximum absolute atomic E-state index is 12.2. The molecule has 2 N–H and O–H groups in total. The van der Waals surface area contributed by atoms with Gasteiger partial charge in [0, 0.05) is 6.54 Å². The molecule has 2 atom stereocenters. The summed E-state index contributed by atoms with van der Waals surface area (Å²) in [6.45, 7) is 1.50. The number of hydrogen-bond acceptors (Lipinski definition) is 4. The van der Waals surface area contributed by atoms with E-state index in [0.717, 1.165) is 31.6 Å². The molecule has 1 aromatic rings. The molecule has 5 nitrogen and oxygen atoms in total. The van der Waals surface area contributed by atoms with Gasteiger partial charge in [-0.25, -0.2) is 0 Å². The number of nitrogens with one attached hydrogen (secondary N) is 2. The zero-order valence-corrected chi connectivity index (χ0v) is 12.4. The van der Waals surface area contributed by atoms with Crippen LogP contribution in [0, 0.1) is 0 Å². The summed E-state index contributed by atoms with van der Waals surface area (Å²) >= 11 is 0. The number of rotatable bonds is 5. The molecule has 2 unspecified atom stereocenters. The van der Waals surface area contributed by atoms with Crippen LogP contribution in [0.5, 0.6) is 0 Å². The molecule has 0 radical (unpaired) electrons. The lowest BCUT2D eigenvalue weighted by molar-refractivity contribution is -0.123. The van der Waals surface area contributed by atoms with Gasteiger partial charge in [-0.2, -0.15) is 0 Å². The van der Waals surface area contributed by atoms with Crippen LogP contribution in [0.1, 0.15) is 37.5 Å². The topological polar surface area (TPSA) is 57.5 Å². The molecule has 2 heterocycles. The fourth-order valence-electron chi connectivity index (χ4n) is 2.59. The van der Waals surface area contributed by atoms with Gasteiger partial charge in [-0.05, 0) is 45.6 Å². The van der Waals surface area contributed by atoms with Gasteiger partial charge in [0.05, 0.1) is 18.3 Å². The van der Waals surface area contributed by atoms with E-state index < -0.39 is 0 Å². The average molecular weight is 279 g/mol. The van der Waals surface area contributed by atoms with Gasteiger partial charge in [0.15, 0.2) is 0 Å². The van der Waals surface area contributed by atoms with Crippen LogP contribution in [0.2, 0.25) is 0 Å². The molecular weight excluding hydrogens is 254 g/mol. The van der Waals surface area contributed by atoms with E-state index in [1.807, 2.05) is 26.2 Å². The number of carbonyl (C=O) groups excluding carboxylic acids is 1. The molecule has 2 rings (SSSR count). The SMILES string of the molecule is CN(C)C(CNC(=O)C1CCCCCN1)c1ccco1. The molecule has 112 valence electrons. The van der Waals surface area contributed by atoms with Gasteiger partial charge in [-0.1, -0.05) is 12.8 Å². The average Bonchev–Trinajstić information content (AvgIpc) is 2.80. The lowest BCUT2D eigenvalue weighted by Gasteiger charge is -2.24. The van der Waals surface area contributed by atoms with Crippen LogP contribution in [0.3, 0.4) is 0 Å². The first-order chi connectivity index (χ1) is 9.68. The van der Waals surface area contributed by atoms with Crippen molar-refractivity contribution in [3.63, 3.8) is 0 Å². The molecule has 0 aromatic carbocycles. The summed E-state index contributed by atoms with van der Waals surface area (Å²) in [7, 11) is 3.98. The quantitative estimate of drug-likeness (QED) is 0.858. The van der Waals surface area contributed by atoms with Gasteiger partial charge in [0.2, 0.25) is 5.91 Å². The lowest BCUT2D eigenvalue weighted by atomic mass is 10.1. The molecule has 0 aliphatic carbocycles. The Kier molecular flexibility index (Phi) is 5.61. The highest BCUT2D eigenvalue weighted by molar-refractivity contribution is 5.81. The van der Waals surface area contributed by atoms with Crippen molar-refractivity contribution in [1.29, 1.82) is 0 Å². The third-order valence-corrected chi connectivity index (χ3v) is 3.84. The Morgan fingerprint density at radius 1 is 1.50 bits per heavy atom. The second kappa shape index (κ2) is 7.45. The van der Waals surface area contributed by atoms with Crippen molar-refractivity contribution in [1.82, 2.24) is 15.5 Å². The Labute approximate surface area is 120 Å². The molecular formula is C15H25N3O2. The van der Waals surface area contributed by atoms with Crippen molar-refractivity contribution in [2.75, 3.05) is 27.2 Å². The zero-order chi connectivity index (χ0) is 14.4. The van der Waals surface area contributed by atoms with Crippen molar-refractivity contribution in [3.8, 4) is 0 Å². The molecule has 1 aliphatic heterocycles. The summed E-state index contributed by atoms with van der Waals surface area (Å²) < 4.78 is 5.45. The Morgan fingerprint density at radius 2 is 2.35 bits per heavy atom. The third kappa shape index (κ3) is 4.08. The van der Waals surface area contributed by atoms with Crippen LogP contribution in [0.15, 0.2) is 22.8 Å². The van der Waals surface area contributed by atoms with E-state index in [4.69, 9.17) is 4.42 Å². The van der Waals surface area contributed by atoms with Gasteiger partial charge in [0.1, 0.15) is 5.76 Å². The first-order valence-electron chi connectivity index (χ1n) is 7.39.